The summed E-state index contributed by atoms with van der Waals surface area (Å²) in [7, 11) is 1.54. The first-order chi connectivity index (χ1) is 12.9. The van der Waals surface area contributed by atoms with Crippen molar-refractivity contribution in [1.82, 2.24) is 15.5 Å². The third kappa shape index (κ3) is 3.94. The maximum absolute atomic E-state index is 12.8. The SMILES string of the molecule is CNC(=O)c1ccc(NC(=O)CN2C(=O)NC3(CCCCCC3)C2=O)cc1. The van der Waals surface area contributed by atoms with Crippen LogP contribution in [0.1, 0.15) is 48.9 Å². The van der Waals surface area contributed by atoms with Gasteiger partial charge in [-0.3, -0.25) is 19.3 Å². The second-order valence-electron chi connectivity index (χ2n) is 7.02. The van der Waals surface area contributed by atoms with E-state index >= 15 is 0 Å². The average Bonchev–Trinajstić information content (AvgIpc) is 2.83. The Hall–Kier alpha value is -2.90. The summed E-state index contributed by atoms with van der Waals surface area (Å²) in [5, 5.41) is 7.99. The Morgan fingerprint density at radius 2 is 1.70 bits per heavy atom. The van der Waals surface area contributed by atoms with Crippen molar-refractivity contribution in [2.75, 3.05) is 18.9 Å². The lowest BCUT2D eigenvalue weighted by Gasteiger charge is -2.24. The molecule has 3 rings (SSSR count). The Morgan fingerprint density at radius 3 is 2.30 bits per heavy atom. The summed E-state index contributed by atoms with van der Waals surface area (Å²) in [6.45, 7) is -0.330. The van der Waals surface area contributed by atoms with Gasteiger partial charge >= 0.3 is 6.03 Å². The van der Waals surface area contributed by atoms with Gasteiger partial charge in [-0.1, -0.05) is 25.7 Å². The molecule has 1 heterocycles. The number of hydrogen-bond donors (Lipinski definition) is 3. The van der Waals surface area contributed by atoms with Gasteiger partial charge in [-0.2, -0.15) is 0 Å². The third-order valence-corrected chi connectivity index (χ3v) is 5.16. The molecule has 1 aromatic rings. The fourth-order valence-electron chi connectivity index (χ4n) is 3.68. The summed E-state index contributed by atoms with van der Waals surface area (Å²) in [6, 6.07) is 5.86. The minimum absolute atomic E-state index is 0.221. The number of rotatable bonds is 4. The number of anilines is 1. The van der Waals surface area contributed by atoms with Crippen molar-refractivity contribution in [1.29, 1.82) is 0 Å². The maximum atomic E-state index is 12.8. The molecule has 0 radical (unpaired) electrons. The predicted octanol–water partition coefficient (Wildman–Crippen LogP) is 1.63. The van der Waals surface area contributed by atoms with Gasteiger partial charge < -0.3 is 16.0 Å². The highest BCUT2D eigenvalue weighted by Gasteiger charge is 2.51. The molecule has 144 valence electrons. The Balaban J connectivity index is 1.62. The largest absolute Gasteiger partial charge is 0.355 e. The Kier molecular flexibility index (Phi) is 5.43. The monoisotopic (exact) mass is 372 g/mol. The minimum Gasteiger partial charge on any atom is -0.355 e. The third-order valence-electron chi connectivity index (χ3n) is 5.16. The van der Waals surface area contributed by atoms with Crippen LogP contribution in [0.3, 0.4) is 0 Å². The molecule has 5 amide bonds. The summed E-state index contributed by atoms with van der Waals surface area (Å²) in [4.78, 5) is 49.9. The highest BCUT2D eigenvalue weighted by molar-refractivity contribution is 6.10. The molecular weight excluding hydrogens is 348 g/mol. The van der Waals surface area contributed by atoms with Crippen LogP contribution in [0, 0.1) is 0 Å². The molecule has 8 heteroatoms. The van der Waals surface area contributed by atoms with Crippen molar-refractivity contribution >= 4 is 29.4 Å². The lowest BCUT2D eigenvalue weighted by atomic mass is 9.90. The van der Waals surface area contributed by atoms with Crippen molar-refractivity contribution in [2.24, 2.45) is 0 Å². The van der Waals surface area contributed by atoms with Crippen molar-refractivity contribution in [3.63, 3.8) is 0 Å². The number of imide groups is 1. The van der Waals surface area contributed by atoms with Crippen molar-refractivity contribution in [3.8, 4) is 0 Å². The number of nitrogens with zero attached hydrogens (tertiary/aromatic N) is 1. The first kappa shape index (κ1) is 18.9. The lowest BCUT2D eigenvalue weighted by Crippen LogP contribution is -2.47. The number of carbonyl (C=O) groups is 4. The zero-order valence-electron chi connectivity index (χ0n) is 15.3. The Morgan fingerprint density at radius 1 is 1.07 bits per heavy atom. The Bertz CT molecular complexity index is 751. The number of carbonyl (C=O) groups excluding carboxylic acids is 4. The Labute approximate surface area is 157 Å². The molecule has 27 heavy (non-hydrogen) atoms. The van der Waals surface area contributed by atoms with Gasteiger partial charge in [0.1, 0.15) is 12.1 Å². The minimum atomic E-state index is -0.844. The van der Waals surface area contributed by atoms with E-state index in [1.54, 1.807) is 24.3 Å². The van der Waals surface area contributed by atoms with E-state index in [4.69, 9.17) is 0 Å². The van der Waals surface area contributed by atoms with Gasteiger partial charge in [0, 0.05) is 18.3 Å². The number of nitrogens with one attached hydrogen (secondary N) is 3. The molecule has 1 aliphatic heterocycles. The van der Waals surface area contributed by atoms with Crippen molar-refractivity contribution in [3.05, 3.63) is 29.8 Å². The highest BCUT2D eigenvalue weighted by Crippen LogP contribution is 2.32. The molecule has 1 saturated carbocycles. The number of hydrogen-bond acceptors (Lipinski definition) is 4. The topological polar surface area (TPSA) is 108 Å². The zero-order chi connectivity index (χ0) is 19.4. The van der Waals surface area contributed by atoms with Crippen LogP contribution < -0.4 is 16.0 Å². The molecule has 0 atom stereocenters. The van der Waals surface area contributed by atoms with E-state index in [0.717, 1.165) is 30.6 Å². The fraction of sp³-hybridized carbons (Fsp3) is 0.474. The quantitative estimate of drug-likeness (QED) is 0.698. The van der Waals surface area contributed by atoms with Gasteiger partial charge in [-0.05, 0) is 37.1 Å². The van der Waals surface area contributed by atoms with Crippen LogP contribution in [0.4, 0.5) is 10.5 Å². The number of benzene rings is 1. The zero-order valence-corrected chi connectivity index (χ0v) is 15.3. The van der Waals surface area contributed by atoms with Gasteiger partial charge in [0.2, 0.25) is 5.91 Å². The van der Waals surface area contributed by atoms with E-state index in [2.05, 4.69) is 16.0 Å². The van der Waals surface area contributed by atoms with E-state index in [1.165, 1.54) is 7.05 Å². The van der Waals surface area contributed by atoms with Crippen molar-refractivity contribution < 1.29 is 19.2 Å². The van der Waals surface area contributed by atoms with Gasteiger partial charge in [0.05, 0.1) is 0 Å². The normalized spacial score (nSPS) is 18.8. The highest BCUT2D eigenvalue weighted by atomic mass is 16.2. The number of urea groups is 1. The smallest absolute Gasteiger partial charge is 0.325 e. The first-order valence-electron chi connectivity index (χ1n) is 9.21. The second kappa shape index (κ2) is 7.77. The first-order valence-corrected chi connectivity index (χ1v) is 9.21. The molecule has 2 fully saturated rings. The molecule has 1 aromatic carbocycles. The van der Waals surface area contributed by atoms with E-state index < -0.39 is 17.5 Å². The van der Waals surface area contributed by atoms with Crippen LogP contribution in [0.25, 0.3) is 0 Å². The predicted molar refractivity (Wildman–Crippen MR) is 99.1 cm³/mol. The van der Waals surface area contributed by atoms with Crippen LogP contribution in [-0.4, -0.2) is 47.8 Å². The van der Waals surface area contributed by atoms with Gasteiger partial charge in [-0.15, -0.1) is 0 Å². The average molecular weight is 372 g/mol. The van der Waals surface area contributed by atoms with E-state index in [-0.39, 0.29) is 18.4 Å². The molecule has 0 aromatic heterocycles. The summed E-state index contributed by atoms with van der Waals surface area (Å²) < 4.78 is 0. The maximum Gasteiger partial charge on any atom is 0.325 e. The number of amides is 5. The molecule has 0 bridgehead atoms. The fourth-order valence-corrected chi connectivity index (χ4v) is 3.68. The molecule has 2 aliphatic rings. The molecule has 1 saturated heterocycles. The van der Waals surface area contributed by atoms with E-state index in [9.17, 15) is 19.2 Å². The molecule has 8 nitrogen and oxygen atoms in total. The van der Waals surface area contributed by atoms with Crippen LogP contribution in [0.15, 0.2) is 24.3 Å². The van der Waals surface area contributed by atoms with E-state index in [0.29, 0.717) is 24.1 Å². The van der Waals surface area contributed by atoms with Crippen LogP contribution in [0.2, 0.25) is 0 Å². The lowest BCUT2D eigenvalue weighted by molar-refractivity contribution is -0.134. The molecule has 3 N–H and O–H groups in total. The second-order valence-corrected chi connectivity index (χ2v) is 7.02. The van der Waals surface area contributed by atoms with Crippen molar-refractivity contribution in [2.45, 2.75) is 44.1 Å². The summed E-state index contributed by atoms with van der Waals surface area (Å²) in [6.07, 6.45) is 5.13. The summed E-state index contributed by atoms with van der Waals surface area (Å²) >= 11 is 0. The van der Waals surface area contributed by atoms with Gasteiger partial charge in [0.15, 0.2) is 0 Å². The van der Waals surface area contributed by atoms with Crippen LogP contribution >= 0.6 is 0 Å². The van der Waals surface area contributed by atoms with Gasteiger partial charge in [0.25, 0.3) is 11.8 Å². The van der Waals surface area contributed by atoms with Crippen LogP contribution in [0.5, 0.6) is 0 Å². The molecule has 0 unspecified atom stereocenters. The summed E-state index contributed by atoms with van der Waals surface area (Å²) in [5.41, 5.74) is 0.118. The standard InChI is InChI=1S/C19H24N4O4/c1-20-16(25)13-6-8-14(9-7-13)21-15(24)12-23-17(26)19(22-18(23)27)10-4-2-3-5-11-19/h6-9H,2-5,10-12H2,1H3,(H,20,25)(H,21,24)(H,22,27). The molecule has 1 aliphatic carbocycles. The van der Waals surface area contributed by atoms with E-state index in [1.807, 2.05) is 0 Å². The summed E-state index contributed by atoms with van der Waals surface area (Å²) in [5.74, 6) is -0.989. The molecular formula is C19H24N4O4. The van der Waals surface area contributed by atoms with Gasteiger partial charge in [-0.25, -0.2) is 4.79 Å². The molecule has 1 spiro atoms. The van der Waals surface area contributed by atoms with Crippen LogP contribution in [-0.2, 0) is 9.59 Å².